The highest BCUT2D eigenvalue weighted by molar-refractivity contribution is 7.58. The van der Waals surface area contributed by atoms with Gasteiger partial charge in [-0.05, 0) is 23.0 Å². The number of hydrogen-bond acceptors (Lipinski definition) is 2. The Morgan fingerprint density at radius 1 is 1.24 bits per heavy atom. The minimum atomic E-state index is -0.323. The lowest BCUT2D eigenvalue weighted by molar-refractivity contribution is -0.384. The molecule has 0 unspecified atom stereocenters. The van der Waals surface area contributed by atoms with Gasteiger partial charge in [-0.25, -0.2) is 0 Å². The molecule has 0 aliphatic carbocycles. The summed E-state index contributed by atoms with van der Waals surface area (Å²) in [6.07, 6.45) is 0.979. The maximum Gasteiger partial charge on any atom is 0.269 e. The SMILES string of the molecule is CC(C)P(Cc1cccc([N+](=O)[O-])c1)C(C)C. The highest BCUT2D eigenvalue weighted by Crippen LogP contribution is 2.49. The van der Waals surface area contributed by atoms with Crippen LogP contribution in [0.15, 0.2) is 24.3 Å². The second kappa shape index (κ2) is 6.11. The lowest BCUT2D eigenvalue weighted by atomic mass is 10.2. The summed E-state index contributed by atoms with van der Waals surface area (Å²) in [5, 5.41) is 10.7. The quantitative estimate of drug-likeness (QED) is 0.443. The predicted molar refractivity (Wildman–Crippen MR) is 74.0 cm³/mol. The summed E-state index contributed by atoms with van der Waals surface area (Å²) in [5.74, 6) is 0. The second-order valence-corrected chi connectivity index (χ2v) is 8.20. The van der Waals surface area contributed by atoms with Gasteiger partial charge < -0.3 is 0 Å². The van der Waals surface area contributed by atoms with Crippen molar-refractivity contribution in [3.05, 3.63) is 39.9 Å². The Hall–Kier alpha value is -0.950. The first kappa shape index (κ1) is 14.1. The standard InChI is InChI=1S/C13H20NO2P/c1-10(2)17(11(3)4)9-12-6-5-7-13(8-12)14(15)16/h5-8,10-11H,9H2,1-4H3. The van der Waals surface area contributed by atoms with E-state index in [1.54, 1.807) is 18.2 Å². The Balaban J connectivity index is 2.86. The van der Waals surface area contributed by atoms with Crippen LogP contribution in [0.5, 0.6) is 0 Å². The van der Waals surface area contributed by atoms with Crippen molar-refractivity contribution in [2.75, 3.05) is 0 Å². The van der Waals surface area contributed by atoms with Gasteiger partial charge in [0.25, 0.3) is 5.69 Å². The van der Waals surface area contributed by atoms with Crippen LogP contribution in [0.3, 0.4) is 0 Å². The van der Waals surface area contributed by atoms with Crippen molar-refractivity contribution in [2.24, 2.45) is 0 Å². The van der Waals surface area contributed by atoms with Crippen molar-refractivity contribution in [3.63, 3.8) is 0 Å². The van der Waals surface area contributed by atoms with Crippen LogP contribution in [-0.4, -0.2) is 16.2 Å². The smallest absolute Gasteiger partial charge is 0.258 e. The van der Waals surface area contributed by atoms with Crippen molar-refractivity contribution < 1.29 is 4.92 Å². The highest BCUT2D eigenvalue weighted by atomic mass is 31.1. The van der Waals surface area contributed by atoms with Crippen molar-refractivity contribution in [3.8, 4) is 0 Å². The molecule has 0 amide bonds. The summed E-state index contributed by atoms with van der Waals surface area (Å²) in [4.78, 5) is 10.4. The van der Waals surface area contributed by atoms with Gasteiger partial charge in [-0.3, -0.25) is 10.1 Å². The molecule has 0 atom stereocenters. The summed E-state index contributed by atoms with van der Waals surface area (Å²) in [6.45, 7) is 8.96. The molecule has 0 radical (unpaired) electrons. The Morgan fingerprint density at radius 2 is 1.82 bits per heavy atom. The van der Waals surface area contributed by atoms with Gasteiger partial charge in [0.15, 0.2) is 0 Å². The average molecular weight is 253 g/mol. The molecule has 1 aromatic rings. The van der Waals surface area contributed by atoms with E-state index in [1.807, 2.05) is 6.07 Å². The van der Waals surface area contributed by atoms with Crippen molar-refractivity contribution in [2.45, 2.75) is 45.2 Å². The van der Waals surface area contributed by atoms with Crippen molar-refractivity contribution in [1.29, 1.82) is 0 Å². The zero-order chi connectivity index (χ0) is 13.0. The molecule has 0 aliphatic heterocycles. The molecular formula is C13H20NO2P. The van der Waals surface area contributed by atoms with Crippen LogP contribution in [0.1, 0.15) is 33.3 Å². The monoisotopic (exact) mass is 253 g/mol. The third-order valence-corrected chi connectivity index (χ3v) is 6.20. The number of nitro benzene ring substituents is 1. The number of nitrogens with zero attached hydrogens (tertiary/aromatic N) is 1. The lowest BCUT2D eigenvalue weighted by Crippen LogP contribution is -2.05. The van der Waals surface area contributed by atoms with Gasteiger partial charge in [0.1, 0.15) is 0 Å². The Bertz CT molecular complexity index is 383. The van der Waals surface area contributed by atoms with E-state index >= 15 is 0 Å². The summed E-state index contributed by atoms with van der Waals surface area (Å²) in [6, 6.07) is 7.03. The summed E-state index contributed by atoms with van der Waals surface area (Å²) in [7, 11) is -0.109. The molecule has 17 heavy (non-hydrogen) atoms. The molecule has 0 saturated carbocycles. The maximum atomic E-state index is 10.7. The third kappa shape index (κ3) is 4.08. The van der Waals surface area contributed by atoms with E-state index in [4.69, 9.17) is 0 Å². The fraction of sp³-hybridized carbons (Fsp3) is 0.538. The zero-order valence-electron chi connectivity index (χ0n) is 10.9. The average Bonchev–Trinajstić information content (AvgIpc) is 2.25. The molecule has 0 aliphatic rings. The van der Waals surface area contributed by atoms with Gasteiger partial charge >= 0.3 is 0 Å². The van der Waals surface area contributed by atoms with Crippen molar-refractivity contribution in [1.82, 2.24) is 0 Å². The molecule has 4 heteroatoms. The summed E-state index contributed by atoms with van der Waals surface area (Å²) >= 11 is 0. The predicted octanol–water partition coefficient (Wildman–Crippen LogP) is 4.39. The van der Waals surface area contributed by atoms with E-state index in [1.165, 1.54) is 0 Å². The fourth-order valence-corrected chi connectivity index (χ4v) is 4.48. The Kier molecular flexibility index (Phi) is 5.07. The first-order chi connectivity index (χ1) is 7.91. The molecule has 0 aromatic heterocycles. The number of hydrogen-bond donors (Lipinski definition) is 0. The molecule has 0 heterocycles. The lowest BCUT2D eigenvalue weighted by Gasteiger charge is -2.25. The van der Waals surface area contributed by atoms with E-state index in [2.05, 4.69) is 27.7 Å². The van der Waals surface area contributed by atoms with Crippen molar-refractivity contribution >= 4 is 13.6 Å². The summed E-state index contributed by atoms with van der Waals surface area (Å²) < 4.78 is 0. The number of rotatable bonds is 5. The minimum Gasteiger partial charge on any atom is -0.258 e. The second-order valence-electron chi connectivity index (χ2n) is 4.79. The zero-order valence-corrected chi connectivity index (χ0v) is 11.8. The van der Waals surface area contributed by atoms with Gasteiger partial charge in [0.05, 0.1) is 4.92 Å². The van der Waals surface area contributed by atoms with E-state index < -0.39 is 0 Å². The first-order valence-corrected chi connectivity index (χ1v) is 7.57. The van der Waals surface area contributed by atoms with Crippen LogP contribution in [0, 0.1) is 10.1 Å². The van der Waals surface area contributed by atoms with Crippen LogP contribution < -0.4 is 0 Å². The largest absolute Gasteiger partial charge is 0.269 e. The van der Waals surface area contributed by atoms with E-state index in [-0.39, 0.29) is 18.5 Å². The van der Waals surface area contributed by atoms with E-state index in [0.717, 1.165) is 11.7 Å². The molecule has 94 valence electrons. The molecule has 0 N–H and O–H groups in total. The van der Waals surface area contributed by atoms with E-state index in [0.29, 0.717) is 11.3 Å². The van der Waals surface area contributed by atoms with Gasteiger partial charge in [-0.1, -0.05) is 47.7 Å². The molecule has 0 spiro atoms. The molecule has 1 rings (SSSR count). The number of nitro groups is 1. The van der Waals surface area contributed by atoms with Crippen LogP contribution in [0.4, 0.5) is 5.69 Å². The topological polar surface area (TPSA) is 43.1 Å². The first-order valence-electron chi connectivity index (χ1n) is 5.91. The summed E-state index contributed by atoms with van der Waals surface area (Å²) in [5.41, 5.74) is 2.60. The third-order valence-electron chi connectivity index (χ3n) is 2.81. The molecule has 3 nitrogen and oxygen atoms in total. The molecule has 0 fully saturated rings. The molecule has 0 saturated heterocycles. The molecule has 1 aromatic carbocycles. The molecule has 0 bridgehead atoms. The van der Waals surface area contributed by atoms with Gasteiger partial charge in [0, 0.05) is 12.1 Å². The van der Waals surface area contributed by atoms with Crippen LogP contribution >= 0.6 is 7.92 Å². The van der Waals surface area contributed by atoms with Crippen LogP contribution in [-0.2, 0) is 6.16 Å². The number of non-ortho nitro benzene ring substituents is 1. The fourth-order valence-electron chi connectivity index (χ4n) is 1.94. The van der Waals surface area contributed by atoms with Gasteiger partial charge in [-0.2, -0.15) is 0 Å². The number of benzene rings is 1. The van der Waals surface area contributed by atoms with Gasteiger partial charge in [-0.15, -0.1) is 0 Å². The maximum absolute atomic E-state index is 10.7. The normalized spacial score (nSPS) is 11.5. The highest BCUT2D eigenvalue weighted by Gasteiger charge is 2.18. The van der Waals surface area contributed by atoms with Gasteiger partial charge in [0.2, 0.25) is 0 Å². The Morgan fingerprint density at radius 3 is 2.29 bits per heavy atom. The van der Waals surface area contributed by atoms with Crippen LogP contribution in [0.2, 0.25) is 0 Å². The van der Waals surface area contributed by atoms with E-state index in [9.17, 15) is 10.1 Å². The molecular weight excluding hydrogens is 233 g/mol. The Labute approximate surface area is 104 Å². The minimum absolute atomic E-state index is 0.109. The van der Waals surface area contributed by atoms with Crippen LogP contribution in [0.25, 0.3) is 0 Å².